The third-order valence-corrected chi connectivity index (χ3v) is 5.62. The maximum Gasteiger partial charge on any atom is 0.231 e. The maximum absolute atomic E-state index is 10.4. The van der Waals surface area contributed by atoms with Crippen LogP contribution in [0.5, 0.6) is 28.7 Å². The van der Waals surface area contributed by atoms with E-state index in [0.29, 0.717) is 13.2 Å². The lowest BCUT2D eigenvalue weighted by Gasteiger charge is -2.21. The fourth-order valence-electron chi connectivity index (χ4n) is 3.92. The highest BCUT2D eigenvalue weighted by atomic mass is 16.7. The van der Waals surface area contributed by atoms with Gasteiger partial charge >= 0.3 is 0 Å². The number of aromatic hydroxyl groups is 1. The van der Waals surface area contributed by atoms with Gasteiger partial charge in [0, 0.05) is 12.0 Å². The number of ether oxygens (including phenoxy) is 4. The van der Waals surface area contributed by atoms with Crippen molar-refractivity contribution < 1.29 is 29.0 Å². The van der Waals surface area contributed by atoms with E-state index in [9.17, 15) is 5.11 Å². The molecule has 0 aliphatic carbocycles. The molecular weight excluding hydrogens is 406 g/mol. The molecule has 1 unspecified atom stereocenters. The van der Waals surface area contributed by atoms with Crippen LogP contribution in [0, 0.1) is 0 Å². The zero-order valence-corrected chi connectivity index (χ0v) is 18.6. The highest BCUT2D eigenvalue weighted by Gasteiger charge is 2.17. The van der Waals surface area contributed by atoms with Crippen LogP contribution in [-0.2, 0) is 19.5 Å². The Hall–Kier alpha value is -3.38. The Kier molecular flexibility index (Phi) is 7.02. The monoisotopic (exact) mass is 436 g/mol. The molecule has 1 aliphatic rings. The van der Waals surface area contributed by atoms with Gasteiger partial charge < -0.3 is 29.0 Å². The minimum atomic E-state index is 0.281. The molecule has 32 heavy (non-hydrogen) atoms. The Morgan fingerprint density at radius 2 is 1.62 bits per heavy atom. The first kappa shape index (κ1) is 21.8. The highest BCUT2D eigenvalue weighted by Crippen LogP contribution is 2.32. The van der Waals surface area contributed by atoms with Crippen LogP contribution < -0.4 is 23.8 Å². The zero-order chi connectivity index (χ0) is 22.3. The van der Waals surface area contributed by atoms with Crippen molar-refractivity contribution in [2.45, 2.75) is 26.4 Å². The number of hydrogen-bond donors (Lipinski definition) is 2. The van der Waals surface area contributed by atoms with Gasteiger partial charge in [-0.1, -0.05) is 6.07 Å². The van der Waals surface area contributed by atoms with Crippen molar-refractivity contribution in [2.75, 3.05) is 27.1 Å². The van der Waals surface area contributed by atoms with Crippen LogP contribution in [-0.4, -0.2) is 32.2 Å². The first-order valence-electron chi connectivity index (χ1n) is 10.9. The fraction of sp³-hybridized carbons (Fsp3) is 0.308. The Morgan fingerprint density at radius 1 is 0.875 bits per heavy atom. The molecule has 2 N–H and O–H groups in total. The van der Waals surface area contributed by atoms with Gasteiger partial charge in [-0.15, -0.1) is 0 Å². The van der Waals surface area contributed by atoms with Crippen LogP contribution in [0.4, 0.5) is 0 Å². The van der Waals surface area contributed by atoms with Gasteiger partial charge in [0.2, 0.25) is 6.79 Å². The van der Waals surface area contributed by atoms with Crippen molar-refractivity contribution in [1.29, 1.82) is 0 Å². The summed E-state index contributed by atoms with van der Waals surface area (Å²) < 4.78 is 21.9. The standard InChI is InChI=1S/C26H29NO5/c1-3-30-22-7-4-20(5-8-22)16-27(17-21-15-23(29-2)9-10-24(21)28)13-12-19-6-11-25-26(14-19)32-18-31-25/h4-11,14-15,28H,3,12-13,16-18H2,1-2H3/p+1. The Labute approximate surface area is 188 Å². The molecule has 0 saturated carbocycles. The third-order valence-electron chi connectivity index (χ3n) is 5.62. The first-order valence-corrected chi connectivity index (χ1v) is 10.9. The molecule has 6 nitrogen and oxygen atoms in total. The highest BCUT2D eigenvalue weighted by molar-refractivity contribution is 5.44. The number of rotatable bonds is 10. The molecule has 1 aliphatic heterocycles. The summed E-state index contributed by atoms with van der Waals surface area (Å²) in [4.78, 5) is 1.33. The second kappa shape index (κ2) is 10.3. The summed E-state index contributed by atoms with van der Waals surface area (Å²) in [6, 6.07) is 19.7. The van der Waals surface area contributed by atoms with E-state index in [2.05, 4.69) is 24.3 Å². The van der Waals surface area contributed by atoms with E-state index in [1.165, 1.54) is 16.0 Å². The summed E-state index contributed by atoms with van der Waals surface area (Å²) >= 11 is 0. The predicted molar refractivity (Wildman–Crippen MR) is 122 cm³/mol. The van der Waals surface area contributed by atoms with Crippen molar-refractivity contribution in [3.63, 3.8) is 0 Å². The minimum Gasteiger partial charge on any atom is -0.507 e. The topological polar surface area (TPSA) is 61.6 Å². The molecule has 6 heteroatoms. The number of phenolic OH excluding ortho intramolecular Hbond substituents is 1. The average molecular weight is 437 g/mol. The van der Waals surface area contributed by atoms with Crippen LogP contribution >= 0.6 is 0 Å². The molecule has 1 atom stereocenters. The molecule has 0 saturated heterocycles. The summed E-state index contributed by atoms with van der Waals surface area (Å²) in [6.45, 7) is 5.32. The summed E-state index contributed by atoms with van der Waals surface area (Å²) in [5.41, 5.74) is 3.29. The van der Waals surface area contributed by atoms with Gasteiger partial charge in [-0.05, 0) is 67.1 Å². The van der Waals surface area contributed by atoms with Crippen molar-refractivity contribution in [1.82, 2.24) is 0 Å². The number of phenols is 1. The molecule has 0 aromatic heterocycles. The molecule has 168 valence electrons. The van der Waals surface area contributed by atoms with Gasteiger partial charge in [0.25, 0.3) is 0 Å². The summed E-state index contributed by atoms with van der Waals surface area (Å²) in [5, 5.41) is 10.4. The van der Waals surface area contributed by atoms with Crippen LogP contribution in [0.3, 0.4) is 0 Å². The normalized spacial score (nSPS) is 13.1. The minimum absolute atomic E-state index is 0.281. The Morgan fingerprint density at radius 3 is 2.41 bits per heavy atom. The van der Waals surface area contributed by atoms with Gasteiger partial charge in [-0.2, -0.15) is 0 Å². The summed E-state index contributed by atoms with van der Waals surface area (Å²) in [5.74, 6) is 3.52. The second-order valence-corrected chi connectivity index (χ2v) is 7.86. The molecule has 0 radical (unpaired) electrons. The van der Waals surface area contributed by atoms with Gasteiger partial charge in [0.05, 0.1) is 25.8 Å². The lowest BCUT2D eigenvalue weighted by Crippen LogP contribution is -3.09. The zero-order valence-electron chi connectivity index (χ0n) is 18.6. The largest absolute Gasteiger partial charge is 0.507 e. The van der Waals surface area contributed by atoms with E-state index in [-0.39, 0.29) is 12.5 Å². The maximum atomic E-state index is 10.4. The molecule has 0 bridgehead atoms. The number of nitrogens with one attached hydrogen (secondary N) is 1. The van der Waals surface area contributed by atoms with Gasteiger partial charge in [0.15, 0.2) is 11.5 Å². The summed E-state index contributed by atoms with van der Waals surface area (Å²) in [7, 11) is 1.64. The molecule has 3 aromatic carbocycles. The molecule has 0 amide bonds. The van der Waals surface area contributed by atoms with Crippen LogP contribution in [0.1, 0.15) is 23.6 Å². The van der Waals surface area contributed by atoms with Gasteiger partial charge in [0.1, 0.15) is 30.3 Å². The fourth-order valence-corrected chi connectivity index (χ4v) is 3.92. The van der Waals surface area contributed by atoms with Crippen molar-refractivity contribution in [3.05, 3.63) is 77.4 Å². The molecule has 3 aromatic rings. The third kappa shape index (κ3) is 5.45. The van der Waals surface area contributed by atoms with Crippen LogP contribution in [0.25, 0.3) is 0 Å². The molecule has 1 heterocycles. The van der Waals surface area contributed by atoms with E-state index in [1.54, 1.807) is 19.2 Å². The van der Waals surface area contributed by atoms with Crippen molar-refractivity contribution in [2.24, 2.45) is 0 Å². The molecule has 0 spiro atoms. The van der Waals surface area contributed by atoms with E-state index >= 15 is 0 Å². The number of fused-ring (bicyclic) bond motifs is 1. The number of hydrogen-bond acceptors (Lipinski definition) is 5. The van der Waals surface area contributed by atoms with E-state index in [1.807, 2.05) is 31.2 Å². The quantitative estimate of drug-likeness (QED) is 0.510. The molecule has 4 rings (SSSR count). The van der Waals surface area contributed by atoms with Gasteiger partial charge in [-0.3, -0.25) is 0 Å². The van der Waals surface area contributed by atoms with Crippen LogP contribution in [0.15, 0.2) is 60.7 Å². The smallest absolute Gasteiger partial charge is 0.231 e. The average Bonchev–Trinajstić information content (AvgIpc) is 3.28. The first-order chi connectivity index (χ1) is 15.6. The number of quaternary nitrogens is 1. The van der Waals surface area contributed by atoms with Gasteiger partial charge in [-0.25, -0.2) is 0 Å². The van der Waals surface area contributed by atoms with Crippen molar-refractivity contribution in [3.8, 4) is 28.7 Å². The Balaban J connectivity index is 1.50. The second-order valence-electron chi connectivity index (χ2n) is 7.86. The summed E-state index contributed by atoms with van der Waals surface area (Å²) in [6.07, 6.45) is 0.883. The van der Waals surface area contributed by atoms with E-state index < -0.39 is 0 Å². The lowest BCUT2D eigenvalue weighted by atomic mass is 10.1. The van der Waals surface area contributed by atoms with Crippen molar-refractivity contribution >= 4 is 0 Å². The SMILES string of the molecule is CCOc1ccc(C[NH+](CCc2ccc3c(c2)OCO3)Cc2cc(OC)ccc2O)cc1. The number of methoxy groups -OCH3 is 1. The molecular formula is C26H30NO5+. The lowest BCUT2D eigenvalue weighted by molar-refractivity contribution is -0.927. The van der Waals surface area contributed by atoms with E-state index in [0.717, 1.165) is 48.1 Å². The predicted octanol–water partition coefficient (Wildman–Crippen LogP) is 3.36. The Bertz CT molecular complexity index is 1030. The van der Waals surface area contributed by atoms with Crippen LogP contribution in [0.2, 0.25) is 0 Å². The molecule has 0 fully saturated rings. The van der Waals surface area contributed by atoms with E-state index in [4.69, 9.17) is 18.9 Å². The number of benzene rings is 3.